The Morgan fingerprint density at radius 1 is 1.24 bits per heavy atom. The normalized spacial score (nSPS) is 17.5. The smallest absolute Gasteiger partial charge is 0.157 e. The number of sulfone groups is 1. The monoisotopic (exact) mass is 257 g/mol. The van der Waals surface area contributed by atoms with Gasteiger partial charge in [-0.25, -0.2) is 12.8 Å². The Bertz CT molecular complexity index is 487. The van der Waals surface area contributed by atoms with Gasteiger partial charge in [0.2, 0.25) is 0 Å². The fourth-order valence-corrected chi connectivity index (χ4v) is 4.27. The van der Waals surface area contributed by atoms with Crippen molar-refractivity contribution in [3.05, 3.63) is 29.6 Å². The molecule has 0 heterocycles. The molecule has 94 valence electrons. The average Bonchev–Trinajstić information content (AvgIpc) is 2.67. The molecule has 1 aliphatic carbocycles. The molecule has 0 radical (unpaired) electrons. The topological polar surface area (TPSA) is 60.2 Å². The van der Waals surface area contributed by atoms with E-state index >= 15 is 0 Å². The molecule has 5 heteroatoms. The Kier molecular flexibility index (Phi) is 3.38. The third-order valence-electron chi connectivity index (χ3n) is 3.16. The van der Waals surface area contributed by atoms with Gasteiger partial charge in [0, 0.05) is 5.69 Å². The third-order valence-corrected chi connectivity index (χ3v) is 5.38. The molecular formula is C12H16FNO2S. The fourth-order valence-electron chi connectivity index (χ4n) is 2.36. The number of anilines is 1. The zero-order chi connectivity index (χ0) is 12.5. The maximum Gasteiger partial charge on any atom is 0.157 e. The lowest BCUT2D eigenvalue weighted by molar-refractivity contribution is 0.578. The summed E-state index contributed by atoms with van der Waals surface area (Å²) in [6.07, 6.45) is 3.39. The van der Waals surface area contributed by atoms with Crippen LogP contribution in [0.3, 0.4) is 0 Å². The van der Waals surface area contributed by atoms with Crippen LogP contribution in [0.1, 0.15) is 31.2 Å². The number of rotatable bonds is 3. The molecule has 3 nitrogen and oxygen atoms in total. The summed E-state index contributed by atoms with van der Waals surface area (Å²) in [5.41, 5.74) is 6.20. The second kappa shape index (κ2) is 4.64. The van der Waals surface area contributed by atoms with Crippen LogP contribution in [0.15, 0.2) is 18.2 Å². The minimum absolute atomic E-state index is 0.111. The van der Waals surface area contributed by atoms with Crippen LogP contribution in [0.5, 0.6) is 0 Å². The summed E-state index contributed by atoms with van der Waals surface area (Å²) in [7, 11) is -3.17. The van der Waals surface area contributed by atoms with Gasteiger partial charge >= 0.3 is 0 Å². The molecule has 0 bridgehead atoms. The van der Waals surface area contributed by atoms with Crippen molar-refractivity contribution in [2.24, 2.45) is 0 Å². The number of hydrogen-bond donors (Lipinski definition) is 1. The molecule has 0 atom stereocenters. The van der Waals surface area contributed by atoms with E-state index in [9.17, 15) is 12.8 Å². The van der Waals surface area contributed by atoms with Gasteiger partial charge in [0.25, 0.3) is 0 Å². The Hall–Kier alpha value is -1.10. The van der Waals surface area contributed by atoms with E-state index in [0.717, 1.165) is 25.7 Å². The van der Waals surface area contributed by atoms with Gasteiger partial charge in [-0.15, -0.1) is 0 Å². The van der Waals surface area contributed by atoms with Crippen molar-refractivity contribution in [2.75, 3.05) is 5.73 Å². The Labute approximate surface area is 101 Å². The van der Waals surface area contributed by atoms with Crippen LogP contribution in [0.2, 0.25) is 0 Å². The standard InChI is InChI=1S/C12H16FNO2S/c13-10-5-9(6-11(14)7-10)8-17(15,16)12-3-1-2-4-12/h5-7,12H,1-4,8,14H2. The Balaban J connectivity index is 2.19. The number of hydrogen-bond acceptors (Lipinski definition) is 3. The van der Waals surface area contributed by atoms with Crippen LogP contribution < -0.4 is 5.73 Å². The lowest BCUT2D eigenvalue weighted by atomic mass is 10.2. The van der Waals surface area contributed by atoms with Crippen molar-refractivity contribution in [1.82, 2.24) is 0 Å². The number of benzene rings is 1. The molecule has 17 heavy (non-hydrogen) atoms. The van der Waals surface area contributed by atoms with E-state index in [1.54, 1.807) is 0 Å². The minimum atomic E-state index is -3.17. The van der Waals surface area contributed by atoms with Gasteiger partial charge in [-0.2, -0.15) is 0 Å². The quantitative estimate of drug-likeness (QED) is 0.845. The van der Waals surface area contributed by atoms with Crippen LogP contribution in [0.25, 0.3) is 0 Å². The van der Waals surface area contributed by atoms with E-state index < -0.39 is 15.7 Å². The Morgan fingerprint density at radius 3 is 2.47 bits per heavy atom. The van der Waals surface area contributed by atoms with Crippen LogP contribution in [0.4, 0.5) is 10.1 Å². The highest BCUT2D eigenvalue weighted by Gasteiger charge is 2.28. The first kappa shape index (κ1) is 12.4. The van der Waals surface area contributed by atoms with Gasteiger partial charge in [-0.1, -0.05) is 12.8 Å². The molecule has 1 fully saturated rings. The van der Waals surface area contributed by atoms with Crippen LogP contribution in [0, 0.1) is 5.82 Å². The van der Waals surface area contributed by atoms with Gasteiger partial charge in [-0.05, 0) is 36.6 Å². The van der Waals surface area contributed by atoms with Crippen molar-refractivity contribution >= 4 is 15.5 Å². The van der Waals surface area contributed by atoms with E-state index in [2.05, 4.69) is 0 Å². The molecule has 0 spiro atoms. The molecule has 1 saturated carbocycles. The molecule has 0 saturated heterocycles. The minimum Gasteiger partial charge on any atom is -0.399 e. The number of halogens is 1. The van der Waals surface area contributed by atoms with Crippen molar-refractivity contribution in [3.8, 4) is 0 Å². The molecule has 1 aliphatic rings. The second-order valence-electron chi connectivity index (χ2n) is 4.61. The van der Waals surface area contributed by atoms with Gasteiger partial charge in [0.15, 0.2) is 9.84 Å². The molecule has 1 aromatic carbocycles. The molecule has 0 amide bonds. The number of nitrogen functional groups attached to an aromatic ring is 1. The first-order chi connectivity index (χ1) is 7.97. The van der Waals surface area contributed by atoms with E-state index in [4.69, 9.17) is 5.73 Å². The van der Waals surface area contributed by atoms with Crippen molar-refractivity contribution in [1.29, 1.82) is 0 Å². The maximum absolute atomic E-state index is 13.1. The predicted octanol–water partition coefficient (Wildman–Crippen LogP) is 2.27. The van der Waals surface area contributed by atoms with Crippen molar-refractivity contribution in [2.45, 2.75) is 36.7 Å². The van der Waals surface area contributed by atoms with E-state index in [0.29, 0.717) is 5.56 Å². The molecule has 0 unspecified atom stereocenters. The average molecular weight is 257 g/mol. The molecule has 1 aromatic rings. The number of nitrogens with two attached hydrogens (primary N) is 1. The molecule has 2 rings (SSSR count). The fraction of sp³-hybridized carbons (Fsp3) is 0.500. The third kappa shape index (κ3) is 2.97. The Morgan fingerprint density at radius 2 is 1.88 bits per heavy atom. The van der Waals surface area contributed by atoms with Gasteiger partial charge in [0.05, 0.1) is 11.0 Å². The summed E-state index contributed by atoms with van der Waals surface area (Å²) in [5, 5.41) is -0.257. The highest BCUT2D eigenvalue weighted by molar-refractivity contribution is 7.91. The summed E-state index contributed by atoms with van der Waals surface area (Å²) in [4.78, 5) is 0. The van der Waals surface area contributed by atoms with E-state index in [1.165, 1.54) is 18.2 Å². The van der Waals surface area contributed by atoms with Gasteiger partial charge < -0.3 is 5.73 Å². The van der Waals surface area contributed by atoms with E-state index in [1.807, 2.05) is 0 Å². The van der Waals surface area contributed by atoms with Crippen LogP contribution in [-0.2, 0) is 15.6 Å². The van der Waals surface area contributed by atoms with Crippen LogP contribution in [-0.4, -0.2) is 13.7 Å². The summed E-state index contributed by atoms with van der Waals surface area (Å²) in [5.74, 6) is -0.596. The summed E-state index contributed by atoms with van der Waals surface area (Å²) in [6, 6.07) is 3.95. The largest absolute Gasteiger partial charge is 0.399 e. The van der Waals surface area contributed by atoms with Crippen molar-refractivity contribution in [3.63, 3.8) is 0 Å². The van der Waals surface area contributed by atoms with Gasteiger partial charge in [-0.3, -0.25) is 0 Å². The summed E-state index contributed by atoms with van der Waals surface area (Å²) in [6.45, 7) is 0. The lowest BCUT2D eigenvalue weighted by Crippen LogP contribution is -2.19. The maximum atomic E-state index is 13.1. The van der Waals surface area contributed by atoms with Crippen LogP contribution >= 0.6 is 0 Å². The second-order valence-corrected chi connectivity index (χ2v) is 6.89. The molecule has 0 aliphatic heterocycles. The summed E-state index contributed by atoms with van der Waals surface area (Å²) >= 11 is 0. The van der Waals surface area contributed by atoms with Crippen molar-refractivity contribution < 1.29 is 12.8 Å². The summed E-state index contributed by atoms with van der Waals surface area (Å²) < 4.78 is 37.2. The SMILES string of the molecule is Nc1cc(F)cc(CS(=O)(=O)C2CCCC2)c1. The lowest BCUT2D eigenvalue weighted by Gasteiger charge is -2.11. The highest BCUT2D eigenvalue weighted by Crippen LogP contribution is 2.27. The van der Waals surface area contributed by atoms with E-state index in [-0.39, 0.29) is 16.7 Å². The predicted molar refractivity (Wildman–Crippen MR) is 65.7 cm³/mol. The molecular weight excluding hydrogens is 241 g/mol. The first-order valence-electron chi connectivity index (χ1n) is 5.74. The zero-order valence-electron chi connectivity index (χ0n) is 9.52. The molecule has 0 aromatic heterocycles. The first-order valence-corrected chi connectivity index (χ1v) is 7.45. The zero-order valence-corrected chi connectivity index (χ0v) is 10.3. The highest BCUT2D eigenvalue weighted by atomic mass is 32.2. The van der Waals surface area contributed by atoms with Gasteiger partial charge in [0.1, 0.15) is 5.82 Å². The molecule has 2 N–H and O–H groups in total.